The first kappa shape index (κ1) is 34.0. The van der Waals surface area contributed by atoms with Crippen molar-refractivity contribution in [1.29, 1.82) is 0 Å². The van der Waals surface area contributed by atoms with E-state index in [2.05, 4.69) is 229 Å². The number of nitrogens with zero attached hydrogens (tertiary/aromatic N) is 1. The first-order valence-electron chi connectivity index (χ1n) is 20.4. The molecule has 0 unspecified atom stereocenters. The maximum Gasteiger partial charge on any atom is 0.0736 e. The quantitative estimate of drug-likeness (QED) is 0.172. The van der Waals surface area contributed by atoms with Crippen LogP contribution < -0.4 is 4.90 Å². The molecular formula is C57H37NS. The second-order valence-electron chi connectivity index (χ2n) is 15.5. The molecular weight excluding hydrogens is 731 g/mol. The highest BCUT2D eigenvalue weighted by Gasteiger charge is 2.51. The molecule has 0 saturated heterocycles. The molecule has 1 aliphatic carbocycles. The van der Waals surface area contributed by atoms with Crippen molar-refractivity contribution in [3.05, 3.63) is 247 Å². The van der Waals surface area contributed by atoms with Crippen molar-refractivity contribution in [2.24, 2.45) is 0 Å². The van der Waals surface area contributed by atoms with Crippen molar-refractivity contribution in [1.82, 2.24) is 0 Å². The molecule has 0 radical (unpaired) electrons. The van der Waals surface area contributed by atoms with Crippen molar-refractivity contribution < 1.29 is 0 Å². The van der Waals surface area contributed by atoms with Gasteiger partial charge in [-0.2, -0.15) is 0 Å². The number of benzene rings is 10. The summed E-state index contributed by atoms with van der Waals surface area (Å²) in [7, 11) is 0. The van der Waals surface area contributed by atoms with Gasteiger partial charge in [0.1, 0.15) is 0 Å². The Bertz CT molecular complexity index is 3090. The van der Waals surface area contributed by atoms with E-state index in [4.69, 9.17) is 0 Å². The van der Waals surface area contributed by atoms with Gasteiger partial charge in [-0.3, -0.25) is 0 Å². The van der Waals surface area contributed by atoms with E-state index >= 15 is 0 Å². The fraction of sp³-hybridized carbons (Fsp3) is 0.0175. The standard InChI is InChI=1S/C57H37NS/c1-3-18-38(19-4-1)40-34-36-51(44-24-9-7-22-42(40)44)58(52-37-35-41(39-20-5-2-6-21-39)43-23-8-10-25-45(43)52)53-31-17-30-50-56(53)46-26-11-12-27-47(46)57(50)48-28-13-15-32-54(48)59-55-33-16-14-29-49(55)57/h1-37H. The Morgan fingerprint density at radius 1 is 0.288 bits per heavy atom. The van der Waals surface area contributed by atoms with Crippen LogP contribution in [-0.2, 0) is 5.41 Å². The minimum Gasteiger partial charge on any atom is -0.309 e. The van der Waals surface area contributed by atoms with Crippen molar-refractivity contribution >= 4 is 50.4 Å². The van der Waals surface area contributed by atoms with E-state index in [1.807, 2.05) is 11.8 Å². The normalized spacial score (nSPS) is 13.2. The smallest absolute Gasteiger partial charge is 0.0736 e. The van der Waals surface area contributed by atoms with Gasteiger partial charge in [-0.25, -0.2) is 0 Å². The number of fused-ring (bicyclic) bond motifs is 11. The summed E-state index contributed by atoms with van der Waals surface area (Å²) in [6.07, 6.45) is 0. The lowest BCUT2D eigenvalue weighted by atomic mass is 9.67. The van der Waals surface area contributed by atoms with Gasteiger partial charge in [0.25, 0.3) is 0 Å². The van der Waals surface area contributed by atoms with Gasteiger partial charge in [0.15, 0.2) is 0 Å². The summed E-state index contributed by atoms with van der Waals surface area (Å²) < 4.78 is 0. The second kappa shape index (κ2) is 13.5. The fourth-order valence-electron chi connectivity index (χ4n) is 10.2. The molecule has 0 bridgehead atoms. The van der Waals surface area contributed by atoms with Crippen LogP contribution >= 0.6 is 11.8 Å². The molecule has 0 aromatic heterocycles. The van der Waals surface area contributed by atoms with Crippen molar-refractivity contribution in [3.8, 4) is 33.4 Å². The highest BCUT2D eigenvalue weighted by Crippen LogP contribution is 2.64. The van der Waals surface area contributed by atoms with Gasteiger partial charge in [-0.15, -0.1) is 0 Å². The summed E-state index contributed by atoms with van der Waals surface area (Å²) in [6, 6.07) is 83.1. The minimum absolute atomic E-state index is 0.482. The monoisotopic (exact) mass is 767 g/mol. The van der Waals surface area contributed by atoms with Crippen LogP contribution in [0, 0.1) is 0 Å². The van der Waals surface area contributed by atoms with Crippen LogP contribution in [-0.4, -0.2) is 0 Å². The summed E-state index contributed by atoms with van der Waals surface area (Å²) in [5.74, 6) is 0. The Labute approximate surface area is 348 Å². The van der Waals surface area contributed by atoms with Gasteiger partial charge in [0, 0.05) is 26.1 Å². The Hall–Kier alpha value is -7.13. The van der Waals surface area contributed by atoms with Crippen LogP contribution in [0.2, 0.25) is 0 Å². The molecule has 10 aromatic rings. The number of hydrogen-bond donors (Lipinski definition) is 0. The van der Waals surface area contributed by atoms with Gasteiger partial charge in [0.05, 0.1) is 22.5 Å². The maximum absolute atomic E-state index is 2.57. The van der Waals surface area contributed by atoms with E-state index in [-0.39, 0.29) is 0 Å². The first-order valence-corrected chi connectivity index (χ1v) is 21.2. The zero-order chi connectivity index (χ0) is 38.9. The van der Waals surface area contributed by atoms with Gasteiger partial charge >= 0.3 is 0 Å². The van der Waals surface area contributed by atoms with Crippen molar-refractivity contribution in [3.63, 3.8) is 0 Å². The third-order valence-electron chi connectivity index (χ3n) is 12.5. The number of hydrogen-bond acceptors (Lipinski definition) is 2. The highest BCUT2D eigenvalue weighted by atomic mass is 32.2. The van der Waals surface area contributed by atoms with Crippen LogP contribution in [0.4, 0.5) is 17.1 Å². The molecule has 2 heteroatoms. The van der Waals surface area contributed by atoms with Crippen LogP contribution in [0.5, 0.6) is 0 Å². The molecule has 1 aliphatic heterocycles. The summed E-state index contributed by atoms with van der Waals surface area (Å²) in [5, 5.41) is 4.85. The lowest BCUT2D eigenvalue weighted by molar-refractivity contribution is 0.722. The largest absolute Gasteiger partial charge is 0.309 e. The second-order valence-corrected chi connectivity index (χ2v) is 16.6. The van der Waals surface area contributed by atoms with Crippen molar-refractivity contribution in [2.75, 3.05) is 4.90 Å². The van der Waals surface area contributed by atoms with Crippen LogP contribution in [0.25, 0.3) is 54.9 Å². The molecule has 0 atom stereocenters. The average molecular weight is 768 g/mol. The van der Waals surface area contributed by atoms with Crippen LogP contribution in [0.15, 0.2) is 234 Å². The fourth-order valence-corrected chi connectivity index (χ4v) is 11.3. The molecule has 0 saturated carbocycles. The SMILES string of the molecule is c1ccc(-c2ccc(N(c3cccc4c3-c3ccccc3C43c4ccccc4Sc4ccccc43)c3ccc(-c4ccccc4)c4ccccc34)c3ccccc23)cc1. The van der Waals surface area contributed by atoms with E-state index in [1.165, 1.54) is 87.0 Å². The summed E-state index contributed by atoms with van der Waals surface area (Å²) in [4.78, 5) is 5.18. The Morgan fingerprint density at radius 3 is 1.29 bits per heavy atom. The van der Waals surface area contributed by atoms with E-state index in [0.29, 0.717) is 0 Å². The molecule has 0 fully saturated rings. The molecule has 0 amide bonds. The zero-order valence-corrected chi connectivity index (χ0v) is 33.0. The van der Waals surface area contributed by atoms with Gasteiger partial charge < -0.3 is 4.90 Å². The molecule has 1 nitrogen and oxygen atoms in total. The van der Waals surface area contributed by atoms with Crippen LogP contribution in [0.1, 0.15) is 22.3 Å². The highest BCUT2D eigenvalue weighted by molar-refractivity contribution is 7.99. The zero-order valence-electron chi connectivity index (χ0n) is 32.2. The lowest BCUT2D eigenvalue weighted by Crippen LogP contribution is -2.32. The van der Waals surface area contributed by atoms with E-state index in [0.717, 1.165) is 17.1 Å². The summed E-state index contributed by atoms with van der Waals surface area (Å²) in [5.41, 5.74) is 15.7. The van der Waals surface area contributed by atoms with Crippen molar-refractivity contribution in [2.45, 2.75) is 15.2 Å². The predicted molar refractivity (Wildman–Crippen MR) is 248 cm³/mol. The van der Waals surface area contributed by atoms with E-state index in [1.54, 1.807) is 0 Å². The van der Waals surface area contributed by atoms with E-state index in [9.17, 15) is 0 Å². The number of rotatable bonds is 5. The van der Waals surface area contributed by atoms with E-state index < -0.39 is 5.41 Å². The summed E-state index contributed by atoms with van der Waals surface area (Å²) >= 11 is 1.89. The molecule has 1 spiro atoms. The third-order valence-corrected chi connectivity index (χ3v) is 13.7. The average Bonchev–Trinajstić information content (AvgIpc) is 3.61. The summed E-state index contributed by atoms with van der Waals surface area (Å²) in [6.45, 7) is 0. The molecule has 0 N–H and O–H groups in total. The lowest BCUT2D eigenvalue weighted by Gasteiger charge is -2.39. The van der Waals surface area contributed by atoms with Crippen LogP contribution in [0.3, 0.4) is 0 Å². The molecule has 59 heavy (non-hydrogen) atoms. The predicted octanol–water partition coefficient (Wildman–Crippen LogP) is 15.6. The van der Waals surface area contributed by atoms with Gasteiger partial charge in [-0.1, -0.05) is 206 Å². The van der Waals surface area contributed by atoms with Gasteiger partial charge in [-0.05, 0) is 91.2 Å². The Kier molecular flexibility index (Phi) is 7.76. The Balaban J connectivity index is 1.21. The Morgan fingerprint density at radius 2 is 0.729 bits per heavy atom. The first-order chi connectivity index (χ1) is 29.3. The molecule has 2 aliphatic rings. The maximum atomic E-state index is 2.57. The molecule has 12 rings (SSSR count). The molecule has 276 valence electrons. The van der Waals surface area contributed by atoms with Gasteiger partial charge in [0.2, 0.25) is 0 Å². The topological polar surface area (TPSA) is 3.24 Å². The number of anilines is 3. The molecule has 1 heterocycles. The third kappa shape index (κ3) is 5.00. The minimum atomic E-state index is -0.482. The molecule has 10 aromatic carbocycles.